The monoisotopic (exact) mass is 286 g/mol. The molecule has 2 nitrogen and oxygen atoms in total. The van der Waals surface area contributed by atoms with Crippen LogP contribution in [0, 0.1) is 0 Å². The van der Waals surface area contributed by atoms with Crippen LogP contribution in [-0.4, -0.2) is 7.11 Å². The van der Waals surface area contributed by atoms with Gasteiger partial charge >= 0.3 is 22.9 Å². The van der Waals surface area contributed by atoms with Crippen LogP contribution in [-0.2, 0) is 0 Å². The highest BCUT2D eigenvalue weighted by Gasteiger charge is 2.11. The number of rotatable bonds is 1. The van der Waals surface area contributed by atoms with E-state index in [4.69, 9.17) is 4.74 Å². The van der Waals surface area contributed by atoms with Crippen molar-refractivity contribution in [2.24, 2.45) is 0 Å². The second-order valence-corrected chi connectivity index (χ2v) is 3.76. The normalized spacial score (nSPS) is 10.3. The molecule has 0 radical (unpaired) electrons. The average molecular weight is 286 g/mol. The highest BCUT2D eigenvalue weighted by molar-refractivity contribution is 14.1. The fourth-order valence-electron chi connectivity index (χ4n) is 1.36. The largest absolute Gasteiger partial charge is 0.490 e. The number of para-hydroxylation sites is 1. The van der Waals surface area contributed by atoms with Gasteiger partial charge in [0.15, 0.2) is 11.9 Å². The maximum atomic E-state index is 5.28. The lowest BCUT2D eigenvalue weighted by molar-refractivity contribution is -0.408. The van der Waals surface area contributed by atoms with Gasteiger partial charge in [0.25, 0.3) is 5.52 Å². The molecular formula is C10H9INO+. The average Bonchev–Trinajstić information content (AvgIpc) is 2.17. The van der Waals surface area contributed by atoms with Gasteiger partial charge in [-0.05, 0) is 18.2 Å². The Morgan fingerprint density at radius 3 is 2.77 bits per heavy atom. The van der Waals surface area contributed by atoms with Gasteiger partial charge in [0.1, 0.15) is 0 Å². The predicted octanol–water partition coefficient (Wildman–Crippen LogP) is 2.33. The molecule has 0 N–H and O–H groups in total. The van der Waals surface area contributed by atoms with Crippen molar-refractivity contribution >= 4 is 33.8 Å². The van der Waals surface area contributed by atoms with Gasteiger partial charge in [0.2, 0.25) is 0 Å². The lowest BCUT2D eigenvalue weighted by Crippen LogP contribution is -2.19. The summed E-state index contributed by atoms with van der Waals surface area (Å²) in [6.45, 7) is 0. The highest BCUT2D eigenvalue weighted by Crippen LogP contribution is 2.21. The molecular weight excluding hydrogens is 277 g/mol. The first kappa shape index (κ1) is 8.74. The number of benzene rings is 1. The van der Waals surface area contributed by atoms with Gasteiger partial charge < -0.3 is 4.74 Å². The first-order valence-corrected chi connectivity index (χ1v) is 4.93. The van der Waals surface area contributed by atoms with Crippen LogP contribution >= 0.6 is 22.9 Å². The van der Waals surface area contributed by atoms with E-state index in [1.165, 1.54) is 5.39 Å². The second kappa shape index (κ2) is 3.49. The molecule has 0 amide bonds. The summed E-state index contributed by atoms with van der Waals surface area (Å²) in [6, 6.07) is 10.1. The molecule has 0 saturated heterocycles. The zero-order valence-electron chi connectivity index (χ0n) is 7.20. The highest BCUT2D eigenvalue weighted by atomic mass is 127. The van der Waals surface area contributed by atoms with Crippen molar-refractivity contribution in [3.05, 3.63) is 36.5 Å². The summed E-state index contributed by atoms with van der Waals surface area (Å²) < 4.78 is 7.32. The molecule has 1 heterocycles. The van der Waals surface area contributed by atoms with Crippen molar-refractivity contribution in [3.63, 3.8) is 0 Å². The maximum Gasteiger partial charge on any atom is 0.354 e. The van der Waals surface area contributed by atoms with Gasteiger partial charge in [-0.25, -0.2) is 0 Å². The molecule has 0 fully saturated rings. The summed E-state index contributed by atoms with van der Waals surface area (Å²) in [6.07, 6.45) is 2.01. The van der Waals surface area contributed by atoms with Crippen molar-refractivity contribution in [2.75, 3.05) is 7.11 Å². The zero-order valence-corrected chi connectivity index (χ0v) is 9.36. The summed E-state index contributed by atoms with van der Waals surface area (Å²) in [5, 5.41) is 1.19. The summed E-state index contributed by atoms with van der Waals surface area (Å²) in [5.41, 5.74) is 1.12. The van der Waals surface area contributed by atoms with Crippen LogP contribution in [0.15, 0.2) is 36.5 Å². The Kier molecular flexibility index (Phi) is 2.35. The van der Waals surface area contributed by atoms with Crippen LogP contribution in [0.4, 0.5) is 0 Å². The Balaban J connectivity index is 2.87. The van der Waals surface area contributed by atoms with Crippen molar-refractivity contribution in [2.45, 2.75) is 0 Å². The van der Waals surface area contributed by atoms with E-state index in [1.807, 2.05) is 27.2 Å². The first-order chi connectivity index (χ1) is 6.33. The fraction of sp³-hybridized carbons (Fsp3) is 0.100. The van der Waals surface area contributed by atoms with Gasteiger partial charge in [0, 0.05) is 6.07 Å². The maximum absolute atomic E-state index is 5.28. The van der Waals surface area contributed by atoms with E-state index in [1.54, 1.807) is 7.11 Å². The predicted molar refractivity (Wildman–Crippen MR) is 60.1 cm³/mol. The lowest BCUT2D eigenvalue weighted by atomic mass is 10.2. The minimum Gasteiger partial charge on any atom is -0.490 e. The number of fused-ring (bicyclic) bond motifs is 1. The lowest BCUT2D eigenvalue weighted by Gasteiger charge is -2.00. The van der Waals surface area contributed by atoms with Gasteiger partial charge in [0.05, 0.1) is 12.5 Å². The molecule has 0 atom stereocenters. The molecule has 2 aromatic rings. The number of hydrogen-bond acceptors (Lipinski definition) is 1. The SMILES string of the molecule is COc1cccc2ccc[n+](I)c12. The number of nitrogens with zero attached hydrogens (tertiary/aromatic N) is 1. The summed E-state index contributed by atoms with van der Waals surface area (Å²) in [5.74, 6) is 0.910. The van der Waals surface area contributed by atoms with Gasteiger partial charge in [-0.3, -0.25) is 0 Å². The Morgan fingerprint density at radius 2 is 2.00 bits per heavy atom. The molecule has 0 unspecified atom stereocenters. The molecule has 0 spiro atoms. The molecule has 1 aromatic carbocycles. The van der Waals surface area contributed by atoms with E-state index >= 15 is 0 Å². The zero-order chi connectivity index (χ0) is 9.26. The topological polar surface area (TPSA) is 13.1 Å². The van der Waals surface area contributed by atoms with E-state index in [2.05, 4.69) is 35.0 Å². The Hall–Kier alpha value is -0.840. The Labute approximate surface area is 90.6 Å². The Morgan fingerprint density at radius 1 is 1.23 bits per heavy atom. The van der Waals surface area contributed by atoms with Crippen LogP contribution in [0.5, 0.6) is 5.75 Å². The minimum absolute atomic E-state index is 0.910. The van der Waals surface area contributed by atoms with Crippen molar-refractivity contribution in [1.29, 1.82) is 0 Å². The van der Waals surface area contributed by atoms with Crippen LogP contribution in [0.1, 0.15) is 0 Å². The molecule has 2 rings (SSSR count). The summed E-state index contributed by atoms with van der Waals surface area (Å²) in [4.78, 5) is 0. The van der Waals surface area contributed by atoms with E-state index in [9.17, 15) is 0 Å². The Bertz CT molecular complexity index is 437. The second-order valence-electron chi connectivity index (χ2n) is 2.72. The fourth-order valence-corrected chi connectivity index (χ4v) is 2.07. The molecule has 0 aliphatic rings. The third-order valence-electron chi connectivity index (χ3n) is 1.96. The first-order valence-electron chi connectivity index (χ1n) is 3.96. The number of halogens is 1. The van der Waals surface area contributed by atoms with E-state index < -0.39 is 0 Å². The molecule has 0 aliphatic carbocycles. The number of methoxy groups -OCH3 is 1. The molecule has 0 aliphatic heterocycles. The van der Waals surface area contributed by atoms with E-state index in [-0.39, 0.29) is 0 Å². The quantitative estimate of drug-likeness (QED) is 0.733. The van der Waals surface area contributed by atoms with Crippen LogP contribution in [0.25, 0.3) is 10.9 Å². The third kappa shape index (κ3) is 1.48. The number of hydrogen-bond donors (Lipinski definition) is 0. The van der Waals surface area contributed by atoms with Crippen molar-refractivity contribution in [1.82, 2.24) is 0 Å². The third-order valence-corrected chi connectivity index (χ3v) is 2.76. The number of aromatic nitrogens is 1. The number of pyridine rings is 1. The van der Waals surface area contributed by atoms with Gasteiger partial charge in [-0.15, -0.1) is 2.78 Å². The summed E-state index contributed by atoms with van der Waals surface area (Å²) >= 11 is 2.24. The molecule has 13 heavy (non-hydrogen) atoms. The molecule has 1 aromatic heterocycles. The minimum atomic E-state index is 0.910. The smallest absolute Gasteiger partial charge is 0.354 e. The molecule has 3 heteroatoms. The van der Waals surface area contributed by atoms with Crippen molar-refractivity contribution < 1.29 is 7.52 Å². The van der Waals surface area contributed by atoms with Gasteiger partial charge in [-0.1, -0.05) is 6.07 Å². The summed E-state index contributed by atoms with van der Waals surface area (Å²) in [7, 11) is 1.69. The number of ether oxygens (including phenoxy) is 1. The van der Waals surface area contributed by atoms with E-state index in [0.717, 1.165) is 11.3 Å². The molecule has 0 bridgehead atoms. The molecule has 0 saturated carbocycles. The van der Waals surface area contributed by atoms with Crippen LogP contribution < -0.4 is 7.52 Å². The van der Waals surface area contributed by atoms with Gasteiger partial charge in [-0.2, -0.15) is 0 Å². The van der Waals surface area contributed by atoms with Crippen LogP contribution in [0.2, 0.25) is 0 Å². The van der Waals surface area contributed by atoms with Crippen molar-refractivity contribution in [3.8, 4) is 5.75 Å². The standard InChI is InChI=1S/C10H9INO/c1-13-9-6-2-4-8-5-3-7-12(11)10(8)9/h2-7H,1H3/q+1. The van der Waals surface area contributed by atoms with Crippen LogP contribution in [0.3, 0.4) is 0 Å². The van der Waals surface area contributed by atoms with E-state index in [0.29, 0.717) is 0 Å². The molecule has 66 valence electrons.